The highest BCUT2D eigenvalue weighted by Gasteiger charge is 2.19. The van der Waals surface area contributed by atoms with E-state index in [9.17, 15) is 9.18 Å². The molecule has 6 rings (SSSR count). The van der Waals surface area contributed by atoms with Crippen molar-refractivity contribution in [3.63, 3.8) is 0 Å². The van der Waals surface area contributed by atoms with Gasteiger partial charge in [-0.25, -0.2) is 9.37 Å². The summed E-state index contributed by atoms with van der Waals surface area (Å²) in [7, 11) is 3.08. The summed E-state index contributed by atoms with van der Waals surface area (Å²) in [6.07, 6.45) is 1.47. The molecule has 0 saturated carbocycles. The van der Waals surface area contributed by atoms with Gasteiger partial charge in [-0.3, -0.25) is 4.79 Å². The molecule has 0 spiro atoms. The van der Waals surface area contributed by atoms with Crippen LogP contribution < -0.4 is 19.8 Å². The van der Waals surface area contributed by atoms with E-state index in [-0.39, 0.29) is 18.2 Å². The molecule has 0 N–H and O–H groups in total. The lowest BCUT2D eigenvalue weighted by molar-refractivity contribution is 0.279. The molecule has 0 fully saturated rings. The number of rotatable bonds is 8. The number of nitrogens with zero attached hydrogens (tertiary/aromatic N) is 3. The summed E-state index contributed by atoms with van der Waals surface area (Å²) in [4.78, 5) is 18.5. The average molecular weight is 628 g/mol. The van der Waals surface area contributed by atoms with E-state index in [2.05, 4.69) is 21.0 Å². The monoisotopic (exact) mass is 627 g/mol. The first kappa shape index (κ1) is 27.2. The first-order valence-corrected chi connectivity index (χ1v) is 13.6. The maximum atomic E-state index is 14.3. The van der Waals surface area contributed by atoms with E-state index in [1.54, 1.807) is 73.8 Å². The Bertz CT molecular complexity index is 2040. The van der Waals surface area contributed by atoms with E-state index in [4.69, 9.17) is 23.6 Å². The van der Waals surface area contributed by atoms with Crippen molar-refractivity contribution in [3.8, 4) is 28.8 Å². The number of halogens is 2. The smallest absolute Gasteiger partial charge is 0.282 e. The molecule has 0 amide bonds. The third kappa shape index (κ3) is 5.12. The lowest BCUT2D eigenvalue weighted by Gasteiger charge is -2.14. The second kappa shape index (κ2) is 11.5. The normalized spacial score (nSPS) is 11.4. The van der Waals surface area contributed by atoms with Gasteiger partial charge in [0.2, 0.25) is 5.82 Å². The molecule has 0 saturated heterocycles. The van der Waals surface area contributed by atoms with Crippen LogP contribution in [-0.4, -0.2) is 30.1 Å². The molecule has 0 unspecified atom stereocenters. The number of para-hydroxylation sites is 1. The highest BCUT2D eigenvalue weighted by molar-refractivity contribution is 9.10. The second-order valence-electron chi connectivity index (χ2n) is 9.20. The predicted molar refractivity (Wildman–Crippen MR) is 162 cm³/mol. The molecule has 2 aromatic heterocycles. The van der Waals surface area contributed by atoms with Gasteiger partial charge in [-0.15, -0.1) is 0 Å². The molecule has 0 bridgehead atoms. The fraction of sp³-hybridized carbons (Fsp3) is 0.0938. The number of benzene rings is 4. The summed E-state index contributed by atoms with van der Waals surface area (Å²) < 4.78 is 39.4. The van der Waals surface area contributed by atoms with Gasteiger partial charge in [-0.05, 0) is 48.5 Å². The standard InChI is InChI=1S/C32H23BrFN3O5/c1-39-26-12-7-13-27-23(26)16-29(42-27)31-36-25-11-6-4-9-22(25)32(38)37(31)35-17-20-14-21(33)15-28(40-2)30(20)41-18-19-8-3-5-10-24(19)34/h3-17H,18H2,1-2H3. The van der Waals surface area contributed by atoms with Crippen LogP contribution in [0.1, 0.15) is 11.1 Å². The van der Waals surface area contributed by atoms with Gasteiger partial charge in [-0.1, -0.05) is 52.3 Å². The van der Waals surface area contributed by atoms with Crippen LogP contribution in [-0.2, 0) is 6.61 Å². The number of hydrogen-bond donors (Lipinski definition) is 0. The lowest BCUT2D eigenvalue weighted by atomic mass is 10.2. The maximum Gasteiger partial charge on any atom is 0.282 e. The summed E-state index contributed by atoms with van der Waals surface area (Å²) >= 11 is 3.49. The second-order valence-corrected chi connectivity index (χ2v) is 10.1. The van der Waals surface area contributed by atoms with Gasteiger partial charge in [0.25, 0.3) is 5.56 Å². The predicted octanol–water partition coefficient (Wildman–Crippen LogP) is 7.19. The van der Waals surface area contributed by atoms with Gasteiger partial charge < -0.3 is 18.6 Å². The summed E-state index contributed by atoms with van der Waals surface area (Å²) in [6.45, 7) is -0.0466. The first-order chi connectivity index (χ1) is 20.5. The molecule has 2 heterocycles. The van der Waals surface area contributed by atoms with E-state index in [0.717, 1.165) is 5.39 Å². The van der Waals surface area contributed by atoms with Crippen molar-refractivity contribution >= 4 is 44.0 Å². The topological polar surface area (TPSA) is 88.1 Å². The van der Waals surface area contributed by atoms with Crippen LogP contribution in [0.3, 0.4) is 0 Å². The van der Waals surface area contributed by atoms with Crippen LogP contribution >= 0.6 is 15.9 Å². The number of hydrogen-bond acceptors (Lipinski definition) is 7. The zero-order valence-corrected chi connectivity index (χ0v) is 24.1. The molecule has 10 heteroatoms. The SMILES string of the molecule is COc1cc(Br)cc(C=Nn2c(-c3cc4c(OC)cccc4o3)nc3ccccc3c2=O)c1OCc1ccccc1F. The molecule has 0 aliphatic heterocycles. The van der Waals surface area contributed by atoms with Crippen LogP contribution in [0.25, 0.3) is 33.5 Å². The van der Waals surface area contributed by atoms with Crippen molar-refractivity contribution in [2.75, 3.05) is 14.2 Å². The Morgan fingerprint density at radius 3 is 2.55 bits per heavy atom. The third-order valence-corrected chi connectivity index (χ3v) is 7.08. The van der Waals surface area contributed by atoms with Gasteiger partial charge in [-0.2, -0.15) is 9.78 Å². The van der Waals surface area contributed by atoms with E-state index < -0.39 is 5.56 Å². The summed E-state index contributed by atoms with van der Waals surface area (Å²) in [5.41, 5.74) is 1.53. The Kier molecular flexibility index (Phi) is 7.45. The minimum Gasteiger partial charge on any atom is -0.496 e. The number of fused-ring (bicyclic) bond motifs is 2. The van der Waals surface area contributed by atoms with Gasteiger partial charge in [0.1, 0.15) is 23.8 Å². The highest BCUT2D eigenvalue weighted by atomic mass is 79.9. The maximum absolute atomic E-state index is 14.3. The molecule has 210 valence electrons. The zero-order chi connectivity index (χ0) is 29.2. The van der Waals surface area contributed by atoms with Crippen LogP contribution in [0, 0.1) is 5.82 Å². The van der Waals surface area contributed by atoms with Crippen LogP contribution in [0.2, 0.25) is 0 Å². The fourth-order valence-corrected chi connectivity index (χ4v) is 5.04. The quantitative estimate of drug-likeness (QED) is 0.166. The van der Waals surface area contributed by atoms with E-state index >= 15 is 0 Å². The van der Waals surface area contributed by atoms with Gasteiger partial charge in [0, 0.05) is 15.6 Å². The molecular weight excluding hydrogens is 605 g/mol. The summed E-state index contributed by atoms with van der Waals surface area (Å²) in [6, 6.07) is 24.1. The minimum atomic E-state index is -0.393. The van der Waals surface area contributed by atoms with E-state index in [1.165, 1.54) is 24.1 Å². The van der Waals surface area contributed by atoms with Crippen molar-refractivity contribution < 1.29 is 23.0 Å². The molecule has 0 atom stereocenters. The molecule has 4 aromatic carbocycles. The molecule has 6 aromatic rings. The molecule has 42 heavy (non-hydrogen) atoms. The van der Waals surface area contributed by atoms with Gasteiger partial charge in [0.05, 0.1) is 36.7 Å². The van der Waals surface area contributed by atoms with Crippen molar-refractivity contribution in [2.45, 2.75) is 6.61 Å². The van der Waals surface area contributed by atoms with Gasteiger partial charge in [0.15, 0.2) is 17.3 Å². The number of methoxy groups -OCH3 is 2. The fourth-order valence-electron chi connectivity index (χ4n) is 4.59. The third-order valence-electron chi connectivity index (χ3n) is 6.63. The summed E-state index contributed by atoms with van der Waals surface area (Å²) in [5, 5.41) is 5.67. The minimum absolute atomic E-state index is 0.0466. The van der Waals surface area contributed by atoms with Crippen LogP contribution in [0.4, 0.5) is 4.39 Å². The number of ether oxygens (including phenoxy) is 3. The Morgan fingerprint density at radius 2 is 1.74 bits per heavy atom. The van der Waals surface area contributed by atoms with Crippen molar-refractivity contribution in [2.24, 2.45) is 5.10 Å². The first-order valence-electron chi connectivity index (χ1n) is 12.8. The van der Waals surface area contributed by atoms with E-state index in [0.29, 0.717) is 55.1 Å². The molecular formula is C32H23BrFN3O5. The molecule has 0 aliphatic rings. The Labute approximate surface area is 247 Å². The molecule has 0 aliphatic carbocycles. The van der Waals surface area contributed by atoms with E-state index in [1.807, 2.05) is 12.1 Å². The Hall–Kier alpha value is -4.96. The number of furan rings is 1. The largest absolute Gasteiger partial charge is 0.496 e. The van der Waals surface area contributed by atoms with Crippen LogP contribution in [0.5, 0.6) is 17.2 Å². The Balaban J connectivity index is 1.49. The van der Waals surface area contributed by atoms with Crippen molar-refractivity contribution in [1.82, 2.24) is 9.66 Å². The average Bonchev–Trinajstić information content (AvgIpc) is 3.45. The zero-order valence-electron chi connectivity index (χ0n) is 22.5. The molecule has 0 radical (unpaired) electrons. The summed E-state index contributed by atoms with van der Waals surface area (Å²) in [5.74, 6) is 1.49. The van der Waals surface area contributed by atoms with Gasteiger partial charge >= 0.3 is 0 Å². The Morgan fingerprint density at radius 1 is 0.952 bits per heavy atom. The number of aromatic nitrogens is 2. The highest BCUT2D eigenvalue weighted by Crippen LogP contribution is 2.36. The molecule has 8 nitrogen and oxygen atoms in total. The van der Waals surface area contributed by atoms with Crippen molar-refractivity contribution in [3.05, 3.63) is 117 Å². The van der Waals surface area contributed by atoms with Crippen molar-refractivity contribution in [1.29, 1.82) is 0 Å². The lowest BCUT2D eigenvalue weighted by Crippen LogP contribution is -2.20. The van der Waals surface area contributed by atoms with Crippen LogP contribution in [0.15, 0.2) is 104 Å².